The van der Waals surface area contributed by atoms with E-state index in [0.717, 1.165) is 51.6 Å². The summed E-state index contributed by atoms with van der Waals surface area (Å²) in [7, 11) is 0. The van der Waals surface area contributed by atoms with Crippen LogP contribution in [0.15, 0.2) is 53.6 Å². The highest BCUT2D eigenvalue weighted by atomic mass is 32.2. The molecule has 0 spiro atoms. The molecule has 1 N–H and O–H groups in total. The number of nitrogens with zero attached hydrogens (tertiary/aromatic N) is 4. The number of benzene rings is 1. The van der Waals surface area contributed by atoms with Gasteiger partial charge in [0.25, 0.3) is 0 Å². The number of pyridine rings is 1. The fraction of sp³-hybridized carbons (Fsp3) is 0.476. The standard InChI is InChI=1S/C21H28N4OS/c1-27-18-6-4-5-17(13-18)14-23-15-19(20(26)16-23)24-9-11-25(12-10-24)21-7-2-3-8-22-21/h2-8,13,19-20,26H,9-12,14-16H2,1H3/t19-,20-/m0/s1. The van der Waals surface area contributed by atoms with Crippen LogP contribution in [0.5, 0.6) is 0 Å². The number of β-amino-alcohol motifs (C(OH)–C–C–N with tert-alkyl or cyclic N) is 1. The van der Waals surface area contributed by atoms with E-state index in [1.54, 1.807) is 11.8 Å². The van der Waals surface area contributed by atoms with Crippen molar-refractivity contribution in [3.05, 3.63) is 54.2 Å². The molecule has 3 heterocycles. The Morgan fingerprint density at radius 3 is 2.67 bits per heavy atom. The smallest absolute Gasteiger partial charge is 0.128 e. The van der Waals surface area contributed by atoms with Gasteiger partial charge in [-0.05, 0) is 36.1 Å². The van der Waals surface area contributed by atoms with Gasteiger partial charge in [-0.25, -0.2) is 4.98 Å². The van der Waals surface area contributed by atoms with Crippen LogP contribution in [0.25, 0.3) is 0 Å². The van der Waals surface area contributed by atoms with Crippen LogP contribution >= 0.6 is 11.8 Å². The average molecular weight is 385 g/mol. The van der Waals surface area contributed by atoms with Gasteiger partial charge in [-0.15, -0.1) is 11.8 Å². The van der Waals surface area contributed by atoms with Crippen molar-refractivity contribution in [3.8, 4) is 0 Å². The first kappa shape index (κ1) is 18.7. The lowest BCUT2D eigenvalue weighted by atomic mass is 10.1. The molecule has 1 aromatic carbocycles. The van der Waals surface area contributed by atoms with Gasteiger partial charge in [0.15, 0.2) is 0 Å². The van der Waals surface area contributed by atoms with Crippen molar-refractivity contribution >= 4 is 17.6 Å². The molecular weight excluding hydrogens is 356 g/mol. The van der Waals surface area contributed by atoms with Crippen molar-refractivity contribution in [2.45, 2.75) is 23.6 Å². The van der Waals surface area contributed by atoms with Crippen molar-refractivity contribution in [2.24, 2.45) is 0 Å². The third kappa shape index (κ3) is 4.46. The Bertz CT molecular complexity index is 736. The van der Waals surface area contributed by atoms with Gasteiger partial charge >= 0.3 is 0 Å². The Labute approximate surface area is 166 Å². The summed E-state index contributed by atoms with van der Waals surface area (Å²) in [4.78, 5) is 12.9. The second-order valence-corrected chi connectivity index (χ2v) is 8.27. The minimum atomic E-state index is -0.268. The second-order valence-electron chi connectivity index (χ2n) is 7.39. The first-order valence-corrected chi connectivity index (χ1v) is 10.9. The van der Waals surface area contributed by atoms with Crippen LogP contribution in [0.2, 0.25) is 0 Å². The normalized spacial score (nSPS) is 24.4. The number of aliphatic hydroxyl groups excluding tert-OH is 1. The van der Waals surface area contributed by atoms with Gasteiger partial charge in [-0.3, -0.25) is 9.80 Å². The van der Waals surface area contributed by atoms with Gasteiger partial charge in [0, 0.05) is 62.9 Å². The number of hydrogen-bond donors (Lipinski definition) is 1. The zero-order valence-corrected chi connectivity index (χ0v) is 16.7. The highest BCUT2D eigenvalue weighted by molar-refractivity contribution is 7.98. The number of piperazine rings is 1. The van der Waals surface area contributed by atoms with Crippen LogP contribution in [0, 0.1) is 0 Å². The predicted molar refractivity (Wildman–Crippen MR) is 111 cm³/mol. The van der Waals surface area contributed by atoms with Crippen LogP contribution in [0.3, 0.4) is 0 Å². The van der Waals surface area contributed by atoms with E-state index in [-0.39, 0.29) is 12.1 Å². The number of anilines is 1. The van der Waals surface area contributed by atoms with E-state index >= 15 is 0 Å². The van der Waals surface area contributed by atoms with Gasteiger partial charge in [0.2, 0.25) is 0 Å². The summed E-state index contributed by atoms with van der Waals surface area (Å²) in [5.41, 5.74) is 1.33. The highest BCUT2D eigenvalue weighted by Gasteiger charge is 2.36. The van der Waals surface area contributed by atoms with E-state index in [9.17, 15) is 5.11 Å². The summed E-state index contributed by atoms with van der Waals surface area (Å²) in [5, 5.41) is 10.7. The fourth-order valence-electron chi connectivity index (χ4n) is 4.19. The van der Waals surface area contributed by atoms with Crippen LogP contribution in [0.4, 0.5) is 5.82 Å². The average Bonchev–Trinajstić information content (AvgIpc) is 3.09. The van der Waals surface area contributed by atoms with Gasteiger partial charge in [-0.2, -0.15) is 0 Å². The summed E-state index contributed by atoms with van der Waals surface area (Å²) in [6.45, 7) is 6.51. The summed E-state index contributed by atoms with van der Waals surface area (Å²) in [6.07, 6.45) is 3.70. The molecule has 0 unspecified atom stereocenters. The van der Waals surface area contributed by atoms with E-state index in [4.69, 9.17) is 0 Å². The van der Waals surface area contributed by atoms with Crippen molar-refractivity contribution in [1.82, 2.24) is 14.8 Å². The molecule has 2 saturated heterocycles. The van der Waals surface area contributed by atoms with Crippen LogP contribution in [0.1, 0.15) is 5.56 Å². The first-order chi connectivity index (χ1) is 13.2. The van der Waals surface area contributed by atoms with E-state index < -0.39 is 0 Å². The molecule has 0 saturated carbocycles. The van der Waals surface area contributed by atoms with E-state index in [2.05, 4.69) is 56.3 Å². The summed E-state index contributed by atoms with van der Waals surface area (Å²) in [6, 6.07) is 15.0. The molecule has 5 nitrogen and oxygen atoms in total. The minimum Gasteiger partial charge on any atom is -0.390 e. The summed E-state index contributed by atoms with van der Waals surface area (Å²) in [5.74, 6) is 1.06. The van der Waals surface area contributed by atoms with Crippen molar-refractivity contribution in [3.63, 3.8) is 0 Å². The largest absolute Gasteiger partial charge is 0.390 e. The van der Waals surface area contributed by atoms with Gasteiger partial charge in [0.05, 0.1) is 6.10 Å². The molecule has 0 amide bonds. The molecule has 2 fully saturated rings. The van der Waals surface area contributed by atoms with Crippen LogP contribution in [-0.4, -0.2) is 77.6 Å². The number of aliphatic hydroxyl groups is 1. The second kappa shape index (κ2) is 8.61. The highest BCUT2D eigenvalue weighted by Crippen LogP contribution is 2.23. The van der Waals surface area contributed by atoms with E-state index in [1.165, 1.54) is 10.5 Å². The van der Waals surface area contributed by atoms with Crippen molar-refractivity contribution in [2.75, 3.05) is 50.4 Å². The topological polar surface area (TPSA) is 42.8 Å². The summed E-state index contributed by atoms with van der Waals surface area (Å²) >= 11 is 1.78. The molecule has 0 bridgehead atoms. The Kier molecular flexibility index (Phi) is 5.98. The third-order valence-corrected chi connectivity index (χ3v) is 6.36. The molecule has 2 aromatic rings. The molecule has 0 aliphatic carbocycles. The molecule has 2 atom stereocenters. The molecule has 1 aromatic heterocycles. The zero-order valence-electron chi connectivity index (χ0n) is 15.9. The molecule has 144 valence electrons. The van der Waals surface area contributed by atoms with Gasteiger partial charge < -0.3 is 10.0 Å². The quantitative estimate of drug-likeness (QED) is 0.797. The van der Waals surface area contributed by atoms with E-state index in [0.29, 0.717) is 0 Å². The zero-order chi connectivity index (χ0) is 18.6. The minimum absolute atomic E-state index is 0.236. The number of rotatable bonds is 5. The fourth-order valence-corrected chi connectivity index (χ4v) is 4.67. The van der Waals surface area contributed by atoms with Crippen molar-refractivity contribution in [1.29, 1.82) is 0 Å². The molecule has 0 radical (unpaired) electrons. The van der Waals surface area contributed by atoms with Crippen LogP contribution in [-0.2, 0) is 6.54 Å². The maximum atomic E-state index is 10.7. The number of hydrogen-bond acceptors (Lipinski definition) is 6. The monoisotopic (exact) mass is 384 g/mol. The lowest BCUT2D eigenvalue weighted by molar-refractivity contribution is 0.0790. The Morgan fingerprint density at radius 2 is 1.93 bits per heavy atom. The Hall–Kier alpha value is -1.60. The molecular formula is C21H28N4OS. The molecule has 6 heteroatoms. The maximum Gasteiger partial charge on any atom is 0.128 e. The van der Waals surface area contributed by atoms with Crippen molar-refractivity contribution < 1.29 is 5.11 Å². The van der Waals surface area contributed by atoms with Gasteiger partial charge in [-0.1, -0.05) is 18.2 Å². The third-order valence-electron chi connectivity index (χ3n) is 5.63. The number of thioether (sulfide) groups is 1. The lowest BCUT2D eigenvalue weighted by Gasteiger charge is -2.39. The molecule has 27 heavy (non-hydrogen) atoms. The maximum absolute atomic E-state index is 10.7. The van der Waals surface area contributed by atoms with Crippen LogP contribution < -0.4 is 4.90 Å². The van der Waals surface area contributed by atoms with Gasteiger partial charge in [0.1, 0.15) is 5.82 Å². The molecule has 2 aliphatic rings. The lowest BCUT2D eigenvalue weighted by Crippen LogP contribution is -2.53. The first-order valence-electron chi connectivity index (χ1n) is 9.66. The summed E-state index contributed by atoms with van der Waals surface area (Å²) < 4.78 is 0. The van der Waals surface area contributed by atoms with E-state index in [1.807, 2.05) is 18.3 Å². The number of aromatic nitrogens is 1. The number of likely N-dealkylation sites (tertiary alicyclic amines) is 1. The molecule has 4 rings (SSSR count). The molecule has 2 aliphatic heterocycles. The SMILES string of the molecule is CSc1cccc(CN2C[C@H](O)[C@@H](N3CCN(c4ccccn4)CC3)C2)c1. The Balaban J connectivity index is 1.32. The Morgan fingerprint density at radius 1 is 1.07 bits per heavy atom. The predicted octanol–water partition coefficient (Wildman–Crippen LogP) is 2.17.